The van der Waals surface area contributed by atoms with E-state index in [1.165, 1.54) is 6.08 Å². The predicted molar refractivity (Wildman–Crippen MR) is 128 cm³/mol. The Balaban J connectivity index is 2.14. The molecule has 2 aromatic carbocycles. The quantitative estimate of drug-likeness (QED) is 0.232. The molecule has 0 saturated heterocycles. The van der Waals surface area contributed by atoms with Crippen LogP contribution in [0.5, 0.6) is 0 Å². The van der Waals surface area contributed by atoms with Gasteiger partial charge < -0.3 is 4.74 Å². The molecule has 6 nitrogen and oxygen atoms in total. The smallest absolute Gasteiger partial charge is 0.332 e. The highest BCUT2D eigenvalue weighted by Crippen LogP contribution is 2.30. The SMILES string of the molecule is CCCCc1nc(C=O)c(Cl)n1/C(=C\C(=O)OCC)c1ccc(-c2ccccc2C#N)cc1. The number of unbranched alkanes of at least 4 members (excludes halogenated alkanes) is 1. The highest BCUT2D eigenvalue weighted by Gasteiger charge is 2.20. The molecular weight excluding hydrogens is 438 g/mol. The van der Waals surface area contributed by atoms with Gasteiger partial charge in [0, 0.05) is 12.5 Å². The first-order valence-electron chi connectivity index (χ1n) is 10.7. The summed E-state index contributed by atoms with van der Waals surface area (Å²) in [6.45, 7) is 4.02. The first-order valence-corrected chi connectivity index (χ1v) is 11.1. The van der Waals surface area contributed by atoms with Gasteiger partial charge in [0.15, 0.2) is 6.29 Å². The van der Waals surface area contributed by atoms with Gasteiger partial charge in [-0.3, -0.25) is 9.36 Å². The number of nitriles is 1. The zero-order valence-electron chi connectivity index (χ0n) is 18.5. The summed E-state index contributed by atoms with van der Waals surface area (Å²) in [5.74, 6) is 0.0728. The summed E-state index contributed by atoms with van der Waals surface area (Å²) in [6.07, 6.45) is 4.35. The molecule has 0 atom stereocenters. The molecule has 3 aromatic rings. The second-order valence-electron chi connectivity index (χ2n) is 7.28. The van der Waals surface area contributed by atoms with E-state index in [0.717, 1.165) is 24.0 Å². The van der Waals surface area contributed by atoms with Gasteiger partial charge in [0.05, 0.1) is 23.9 Å². The normalized spacial score (nSPS) is 11.2. The van der Waals surface area contributed by atoms with E-state index in [0.29, 0.717) is 35.4 Å². The van der Waals surface area contributed by atoms with E-state index < -0.39 is 5.97 Å². The summed E-state index contributed by atoms with van der Waals surface area (Å²) < 4.78 is 6.77. The molecule has 0 aliphatic rings. The van der Waals surface area contributed by atoms with Gasteiger partial charge in [0.2, 0.25) is 0 Å². The number of rotatable bonds is 9. The minimum Gasteiger partial charge on any atom is -0.463 e. The van der Waals surface area contributed by atoms with Crippen LogP contribution < -0.4 is 0 Å². The van der Waals surface area contributed by atoms with Crippen LogP contribution >= 0.6 is 11.6 Å². The molecule has 33 heavy (non-hydrogen) atoms. The molecule has 168 valence electrons. The van der Waals surface area contributed by atoms with Gasteiger partial charge in [0.1, 0.15) is 16.7 Å². The molecule has 0 aliphatic carbocycles. The lowest BCUT2D eigenvalue weighted by Gasteiger charge is -2.15. The monoisotopic (exact) mass is 461 g/mol. The fourth-order valence-corrected chi connectivity index (χ4v) is 3.79. The number of imidazole rings is 1. The zero-order valence-corrected chi connectivity index (χ0v) is 19.3. The number of halogens is 1. The Labute approximate surface area is 198 Å². The number of carbonyl (C=O) groups is 2. The number of aromatic nitrogens is 2. The van der Waals surface area contributed by atoms with Crippen molar-refractivity contribution in [3.8, 4) is 17.2 Å². The van der Waals surface area contributed by atoms with Crippen molar-refractivity contribution in [2.24, 2.45) is 0 Å². The van der Waals surface area contributed by atoms with E-state index in [1.807, 2.05) is 42.5 Å². The van der Waals surface area contributed by atoms with Gasteiger partial charge in [-0.05, 0) is 36.1 Å². The lowest BCUT2D eigenvalue weighted by molar-refractivity contribution is -0.137. The van der Waals surface area contributed by atoms with Crippen molar-refractivity contribution in [3.63, 3.8) is 0 Å². The van der Waals surface area contributed by atoms with E-state index in [-0.39, 0.29) is 17.5 Å². The highest BCUT2D eigenvalue weighted by atomic mass is 35.5. The third kappa shape index (κ3) is 5.39. The Bertz CT molecular complexity index is 1220. The highest BCUT2D eigenvalue weighted by molar-refractivity contribution is 6.32. The number of nitrogens with zero attached hydrogens (tertiary/aromatic N) is 3. The second-order valence-corrected chi connectivity index (χ2v) is 7.64. The molecule has 0 spiro atoms. The fraction of sp³-hybridized carbons (Fsp3) is 0.231. The van der Waals surface area contributed by atoms with Crippen molar-refractivity contribution in [2.45, 2.75) is 33.1 Å². The Hall–Kier alpha value is -3.69. The second kappa shape index (κ2) is 11.3. The number of benzene rings is 2. The maximum atomic E-state index is 12.4. The molecule has 0 unspecified atom stereocenters. The van der Waals surface area contributed by atoms with Crippen LogP contribution in [0, 0.1) is 11.3 Å². The lowest BCUT2D eigenvalue weighted by atomic mass is 9.98. The summed E-state index contributed by atoms with van der Waals surface area (Å²) in [6, 6.07) is 17.0. The molecule has 3 rings (SSSR count). The van der Waals surface area contributed by atoms with E-state index >= 15 is 0 Å². The van der Waals surface area contributed by atoms with E-state index in [4.69, 9.17) is 16.3 Å². The van der Waals surface area contributed by atoms with Gasteiger partial charge in [-0.2, -0.15) is 5.26 Å². The molecule has 0 aliphatic heterocycles. The van der Waals surface area contributed by atoms with Crippen LogP contribution in [0.1, 0.15) is 54.1 Å². The van der Waals surface area contributed by atoms with Gasteiger partial charge in [-0.1, -0.05) is 67.4 Å². The Morgan fingerprint density at radius 1 is 1.18 bits per heavy atom. The number of carbonyl (C=O) groups excluding carboxylic acids is 2. The van der Waals surface area contributed by atoms with Crippen molar-refractivity contribution in [3.05, 3.63) is 82.4 Å². The van der Waals surface area contributed by atoms with Gasteiger partial charge in [0.25, 0.3) is 0 Å². The van der Waals surface area contributed by atoms with Crippen LogP contribution in [-0.2, 0) is 16.0 Å². The molecule has 0 bridgehead atoms. The third-order valence-corrected chi connectivity index (χ3v) is 5.46. The summed E-state index contributed by atoms with van der Waals surface area (Å²) in [4.78, 5) is 28.3. The van der Waals surface area contributed by atoms with E-state index in [9.17, 15) is 14.9 Å². The number of hydrogen-bond donors (Lipinski definition) is 0. The van der Waals surface area contributed by atoms with Gasteiger partial charge >= 0.3 is 5.97 Å². The van der Waals surface area contributed by atoms with Crippen LogP contribution in [0.15, 0.2) is 54.6 Å². The average Bonchev–Trinajstić information content (AvgIpc) is 3.16. The standard InChI is InChI=1S/C26H24ClN3O3/c1-3-5-10-24-29-22(17-31)26(27)30(24)23(15-25(32)33-4-2)19-13-11-18(12-14-19)21-9-7-6-8-20(21)16-28/h6-9,11-15,17H,3-5,10H2,1-2H3/b23-15-. The average molecular weight is 462 g/mol. The Morgan fingerprint density at radius 3 is 2.55 bits per heavy atom. The zero-order chi connectivity index (χ0) is 23.8. The number of esters is 1. The number of ether oxygens (including phenoxy) is 1. The van der Waals surface area contributed by atoms with Crippen molar-refractivity contribution < 1.29 is 14.3 Å². The van der Waals surface area contributed by atoms with Crippen LogP contribution in [0.4, 0.5) is 0 Å². The Kier molecular flexibility index (Phi) is 8.17. The van der Waals surface area contributed by atoms with Crippen LogP contribution in [0.2, 0.25) is 5.15 Å². The number of aldehydes is 1. The fourth-order valence-electron chi connectivity index (χ4n) is 3.51. The molecule has 7 heteroatoms. The Morgan fingerprint density at radius 2 is 1.91 bits per heavy atom. The summed E-state index contributed by atoms with van der Waals surface area (Å²) >= 11 is 6.52. The van der Waals surface area contributed by atoms with Crippen molar-refractivity contribution in [2.75, 3.05) is 6.61 Å². The minimum absolute atomic E-state index is 0.122. The minimum atomic E-state index is -0.523. The largest absolute Gasteiger partial charge is 0.463 e. The van der Waals surface area contributed by atoms with Gasteiger partial charge in [-0.15, -0.1) is 0 Å². The van der Waals surface area contributed by atoms with E-state index in [1.54, 1.807) is 17.6 Å². The topological polar surface area (TPSA) is 85.0 Å². The lowest BCUT2D eigenvalue weighted by Crippen LogP contribution is -2.09. The van der Waals surface area contributed by atoms with E-state index in [2.05, 4.69) is 18.0 Å². The number of aryl methyl sites for hydroxylation is 1. The summed E-state index contributed by atoms with van der Waals surface area (Å²) in [5, 5.41) is 9.56. The molecule has 0 fully saturated rings. The molecule has 1 aromatic heterocycles. The molecule has 1 heterocycles. The molecule has 0 N–H and O–H groups in total. The van der Waals surface area contributed by atoms with Crippen molar-refractivity contribution >= 4 is 29.6 Å². The molecule has 0 amide bonds. The summed E-state index contributed by atoms with van der Waals surface area (Å²) in [5.41, 5.74) is 3.53. The molecule has 0 radical (unpaired) electrons. The summed E-state index contributed by atoms with van der Waals surface area (Å²) in [7, 11) is 0. The first kappa shape index (κ1) is 24.0. The first-order chi connectivity index (χ1) is 16.0. The number of hydrogen-bond acceptors (Lipinski definition) is 5. The van der Waals surface area contributed by atoms with Crippen LogP contribution in [0.25, 0.3) is 16.8 Å². The van der Waals surface area contributed by atoms with Crippen LogP contribution in [0.3, 0.4) is 0 Å². The van der Waals surface area contributed by atoms with Crippen LogP contribution in [-0.4, -0.2) is 28.4 Å². The van der Waals surface area contributed by atoms with Crippen molar-refractivity contribution in [1.29, 1.82) is 5.26 Å². The van der Waals surface area contributed by atoms with Gasteiger partial charge in [-0.25, -0.2) is 9.78 Å². The maximum Gasteiger partial charge on any atom is 0.332 e. The maximum absolute atomic E-state index is 12.4. The molecular formula is C26H24ClN3O3. The van der Waals surface area contributed by atoms with Crippen molar-refractivity contribution in [1.82, 2.24) is 9.55 Å². The third-order valence-electron chi connectivity index (χ3n) is 5.10. The predicted octanol–water partition coefficient (Wildman–Crippen LogP) is 5.68. The molecule has 0 saturated carbocycles.